The lowest BCUT2D eigenvalue weighted by Gasteiger charge is -2.37. The predicted octanol–water partition coefficient (Wildman–Crippen LogP) is 2.31. The summed E-state index contributed by atoms with van der Waals surface area (Å²) in [6, 6.07) is 3.79. The molecule has 1 saturated heterocycles. The molecular weight excluding hydrogens is 288 g/mol. The number of sulfonamides is 1. The first-order valence-corrected chi connectivity index (χ1v) is 9.35. The molecule has 1 aromatic rings. The molecule has 2 fully saturated rings. The molecule has 1 aliphatic heterocycles. The summed E-state index contributed by atoms with van der Waals surface area (Å²) in [5.74, 6) is 1.51. The summed E-state index contributed by atoms with van der Waals surface area (Å²) in [5.41, 5.74) is 0. The highest BCUT2D eigenvalue weighted by Gasteiger charge is 2.36. The predicted molar refractivity (Wildman–Crippen MR) is 82.8 cm³/mol. The smallest absolute Gasteiger partial charge is 0.217 e. The van der Waals surface area contributed by atoms with Crippen LogP contribution in [0.15, 0.2) is 22.8 Å². The van der Waals surface area contributed by atoms with Crippen molar-refractivity contribution in [2.45, 2.75) is 37.9 Å². The van der Waals surface area contributed by atoms with Crippen molar-refractivity contribution >= 4 is 15.9 Å². The van der Waals surface area contributed by atoms with Crippen molar-refractivity contribution in [2.24, 2.45) is 5.92 Å². The van der Waals surface area contributed by atoms with Crippen LogP contribution in [0.3, 0.4) is 0 Å². The minimum absolute atomic E-state index is 0.163. The number of furan rings is 1. The van der Waals surface area contributed by atoms with Crippen molar-refractivity contribution in [3.05, 3.63) is 18.4 Å². The average molecular weight is 312 g/mol. The van der Waals surface area contributed by atoms with Gasteiger partial charge in [-0.25, -0.2) is 8.42 Å². The second kappa shape index (κ2) is 6.01. The third-order valence-corrected chi connectivity index (χ3v) is 7.20. The van der Waals surface area contributed by atoms with E-state index in [-0.39, 0.29) is 5.25 Å². The molecule has 0 spiro atoms. The molecule has 0 atom stereocenters. The third kappa shape index (κ3) is 3.11. The summed E-state index contributed by atoms with van der Waals surface area (Å²) in [5, 5.41) is -0.163. The molecule has 1 aliphatic carbocycles. The van der Waals surface area contributed by atoms with E-state index in [1.54, 1.807) is 10.6 Å². The lowest BCUT2D eigenvalue weighted by atomic mass is 9.91. The van der Waals surface area contributed by atoms with E-state index in [1.165, 1.54) is 0 Å². The van der Waals surface area contributed by atoms with Gasteiger partial charge in [-0.1, -0.05) is 6.92 Å². The van der Waals surface area contributed by atoms with Gasteiger partial charge in [0.2, 0.25) is 10.0 Å². The zero-order valence-corrected chi connectivity index (χ0v) is 13.4. The lowest BCUT2D eigenvalue weighted by Crippen LogP contribution is -2.51. The molecule has 0 bridgehead atoms. The van der Waals surface area contributed by atoms with Crippen LogP contribution in [-0.4, -0.2) is 44.2 Å². The molecule has 0 aromatic carbocycles. The van der Waals surface area contributed by atoms with Gasteiger partial charge in [0.05, 0.1) is 11.5 Å². The SMILES string of the molecule is CC1CCC(S(=O)(=O)N2CCN(c3ccco3)CC2)CC1. The van der Waals surface area contributed by atoms with Crippen molar-refractivity contribution in [1.82, 2.24) is 4.31 Å². The molecule has 21 heavy (non-hydrogen) atoms. The summed E-state index contributed by atoms with van der Waals surface area (Å²) in [4.78, 5) is 2.11. The minimum Gasteiger partial charge on any atom is -0.449 e. The Hall–Kier alpha value is -1.01. The van der Waals surface area contributed by atoms with Gasteiger partial charge >= 0.3 is 0 Å². The topological polar surface area (TPSA) is 53.8 Å². The highest BCUT2D eigenvalue weighted by molar-refractivity contribution is 7.89. The second-order valence-electron chi connectivity index (χ2n) is 6.26. The van der Waals surface area contributed by atoms with Crippen LogP contribution in [0.2, 0.25) is 0 Å². The maximum Gasteiger partial charge on any atom is 0.217 e. The first kappa shape index (κ1) is 14.9. The highest BCUT2D eigenvalue weighted by atomic mass is 32.2. The average Bonchev–Trinajstić information content (AvgIpc) is 3.02. The maximum absolute atomic E-state index is 12.7. The fourth-order valence-corrected chi connectivity index (χ4v) is 5.31. The van der Waals surface area contributed by atoms with Crippen LogP contribution in [0.25, 0.3) is 0 Å². The van der Waals surface area contributed by atoms with Crippen molar-refractivity contribution in [2.75, 3.05) is 31.1 Å². The van der Waals surface area contributed by atoms with E-state index >= 15 is 0 Å². The molecule has 1 aromatic heterocycles. The number of rotatable bonds is 3. The molecule has 0 unspecified atom stereocenters. The van der Waals surface area contributed by atoms with E-state index in [9.17, 15) is 8.42 Å². The Kier molecular flexibility index (Phi) is 4.26. The Bertz CT molecular complexity index is 539. The van der Waals surface area contributed by atoms with Gasteiger partial charge in [0.15, 0.2) is 5.88 Å². The molecule has 2 heterocycles. The van der Waals surface area contributed by atoms with Crippen molar-refractivity contribution in [1.29, 1.82) is 0 Å². The third-order valence-electron chi connectivity index (χ3n) is 4.80. The van der Waals surface area contributed by atoms with Crippen LogP contribution < -0.4 is 4.90 Å². The van der Waals surface area contributed by atoms with Crippen molar-refractivity contribution in [3.8, 4) is 0 Å². The number of nitrogens with zero attached hydrogens (tertiary/aromatic N) is 2. The molecule has 118 valence electrons. The summed E-state index contributed by atoms with van der Waals surface area (Å²) in [6.07, 6.45) is 5.37. The van der Waals surface area contributed by atoms with E-state index in [0.29, 0.717) is 32.1 Å². The zero-order chi connectivity index (χ0) is 14.9. The minimum atomic E-state index is -3.12. The number of piperazine rings is 1. The van der Waals surface area contributed by atoms with Crippen LogP contribution in [0.1, 0.15) is 32.6 Å². The molecule has 2 aliphatic rings. The molecule has 0 amide bonds. The molecule has 1 saturated carbocycles. The van der Waals surface area contributed by atoms with Gasteiger partial charge in [-0.2, -0.15) is 4.31 Å². The van der Waals surface area contributed by atoms with Crippen LogP contribution >= 0.6 is 0 Å². The summed E-state index contributed by atoms with van der Waals surface area (Å²) >= 11 is 0. The molecule has 0 N–H and O–H groups in total. The Labute approximate surface area is 127 Å². The van der Waals surface area contributed by atoms with Crippen LogP contribution in [0.4, 0.5) is 5.88 Å². The fourth-order valence-electron chi connectivity index (χ4n) is 3.35. The van der Waals surface area contributed by atoms with Crippen LogP contribution in [0.5, 0.6) is 0 Å². The van der Waals surface area contributed by atoms with Gasteiger partial charge in [0.25, 0.3) is 0 Å². The number of anilines is 1. The molecule has 6 heteroatoms. The Morgan fingerprint density at radius 2 is 1.76 bits per heavy atom. The summed E-state index contributed by atoms with van der Waals surface area (Å²) in [6.45, 7) is 4.75. The van der Waals surface area contributed by atoms with Crippen LogP contribution in [-0.2, 0) is 10.0 Å². The van der Waals surface area contributed by atoms with Crippen molar-refractivity contribution < 1.29 is 12.8 Å². The van der Waals surface area contributed by atoms with E-state index < -0.39 is 10.0 Å². The Morgan fingerprint density at radius 1 is 1.10 bits per heavy atom. The van der Waals surface area contributed by atoms with Crippen molar-refractivity contribution in [3.63, 3.8) is 0 Å². The normalized spacial score (nSPS) is 28.7. The summed E-state index contributed by atoms with van der Waals surface area (Å²) < 4.78 is 32.5. The monoisotopic (exact) mass is 312 g/mol. The standard InChI is InChI=1S/C15H24N2O3S/c1-13-4-6-14(7-5-13)21(18,19)17-10-8-16(9-11-17)15-3-2-12-20-15/h2-3,12-14H,4-11H2,1H3. The van der Waals surface area contributed by atoms with Gasteiger partial charge in [-0.05, 0) is 37.7 Å². The molecular formula is C15H24N2O3S. The largest absolute Gasteiger partial charge is 0.449 e. The zero-order valence-electron chi connectivity index (χ0n) is 12.6. The van der Waals surface area contributed by atoms with Gasteiger partial charge in [-0.15, -0.1) is 0 Å². The van der Waals surface area contributed by atoms with E-state index in [2.05, 4.69) is 11.8 Å². The second-order valence-corrected chi connectivity index (χ2v) is 8.48. The van der Waals surface area contributed by atoms with E-state index in [1.807, 2.05) is 12.1 Å². The van der Waals surface area contributed by atoms with E-state index in [4.69, 9.17) is 4.42 Å². The Balaban J connectivity index is 1.60. The van der Waals surface area contributed by atoms with Crippen LogP contribution in [0, 0.1) is 5.92 Å². The van der Waals surface area contributed by atoms with Gasteiger partial charge in [0, 0.05) is 32.2 Å². The van der Waals surface area contributed by atoms with E-state index in [0.717, 1.165) is 31.6 Å². The fraction of sp³-hybridized carbons (Fsp3) is 0.733. The maximum atomic E-state index is 12.7. The van der Waals surface area contributed by atoms with Gasteiger partial charge in [-0.3, -0.25) is 0 Å². The molecule has 5 nitrogen and oxygen atoms in total. The van der Waals surface area contributed by atoms with Gasteiger partial charge in [0.1, 0.15) is 0 Å². The lowest BCUT2D eigenvalue weighted by molar-refractivity contribution is 0.340. The highest BCUT2D eigenvalue weighted by Crippen LogP contribution is 2.30. The van der Waals surface area contributed by atoms with Gasteiger partial charge < -0.3 is 9.32 Å². The number of hydrogen-bond donors (Lipinski definition) is 0. The molecule has 0 radical (unpaired) electrons. The first-order chi connectivity index (χ1) is 10.1. The first-order valence-electron chi connectivity index (χ1n) is 7.85. The molecule has 3 rings (SSSR count). The number of hydrogen-bond acceptors (Lipinski definition) is 4. The quantitative estimate of drug-likeness (QED) is 0.859. The summed E-state index contributed by atoms with van der Waals surface area (Å²) in [7, 11) is -3.12. The Morgan fingerprint density at radius 3 is 2.33 bits per heavy atom.